The van der Waals surface area contributed by atoms with Crippen LogP contribution in [-0.4, -0.2) is 31.7 Å². The van der Waals surface area contributed by atoms with E-state index in [2.05, 4.69) is 56.6 Å². The molecule has 0 aliphatic heterocycles. The van der Waals surface area contributed by atoms with Crippen LogP contribution in [0.15, 0.2) is 48.5 Å². The smallest absolute Gasteiger partial charge is 0.232 e. The first-order chi connectivity index (χ1) is 14.5. The molecule has 5 rings (SSSR count). The number of thiophene rings is 1. The quantitative estimate of drug-likeness (QED) is 0.664. The zero-order chi connectivity index (χ0) is 20.8. The molecule has 1 atom stereocenters. The van der Waals surface area contributed by atoms with Crippen molar-refractivity contribution in [2.45, 2.75) is 63.5 Å². The number of rotatable bonds is 5. The van der Waals surface area contributed by atoms with Crippen molar-refractivity contribution in [2.24, 2.45) is 5.41 Å². The summed E-state index contributed by atoms with van der Waals surface area (Å²) in [6, 6.07) is 4.78. The topological polar surface area (TPSA) is 72.7 Å². The van der Waals surface area contributed by atoms with E-state index in [4.69, 9.17) is 0 Å². The van der Waals surface area contributed by atoms with Gasteiger partial charge in [0.05, 0.1) is 29.5 Å². The maximum atomic E-state index is 13.3. The van der Waals surface area contributed by atoms with E-state index in [1.165, 1.54) is 4.88 Å². The molecule has 3 heterocycles. The lowest BCUT2D eigenvalue weighted by Crippen LogP contribution is -2.44. The van der Waals surface area contributed by atoms with Gasteiger partial charge in [-0.15, -0.1) is 11.3 Å². The van der Waals surface area contributed by atoms with E-state index in [-0.39, 0.29) is 22.8 Å². The molecule has 2 saturated carbocycles. The molecule has 1 N–H and O–H groups in total. The number of amides is 1. The molecule has 2 aliphatic carbocycles. The van der Waals surface area contributed by atoms with Gasteiger partial charge in [0.25, 0.3) is 0 Å². The summed E-state index contributed by atoms with van der Waals surface area (Å²) in [4.78, 5) is 23.0. The Morgan fingerprint density at radius 3 is 2.63 bits per heavy atom. The first-order valence-electron chi connectivity index (χ1n) is 10.7. The number of nitrogens with one attached hydrogen (secondary N) is 1. The number of carbonyl (C=O) groups is 1. The molecule has 0 saturated heterocycles. The molecule has 3 aromatic heterocycles. The number of nitrogens with zero attached hydrogens (tertiary/aromatic N) is 4. The second-order valence-electron chi connectivity index (χ2n) is 9.22. The van der Waals surface area contributed by atoms with Gasteiger partial charge in [-0.25, -0.2) is 0 Å². The van der Waals surface area contributed by atoms with Crippen LogP contribution in [0.3, 0.4) is 0 Å². The van der Waals surface area contributed by atoms with Crippen LogP contribution >= 0.6 is 11.3 Å². The van der Waals surface area contributed by atoms with Crippen molar-refractivity contribution < 1.29 is 4.79 Å². The van der Waals surface area contributed by atoms with Crippen molar-refractivity contribution in [3.8, 4) is 11.3 Å². The second kappa shape index (κ2) is 7.30. The minimum Gasteiger partial charge on any atom is -0.353 e. The Kier molecular flexibility index (Phi) is 4.73. The van der Waals surface area contributed by atoms with Gasteiger partial charge in [-0.3, -0.25) is 19.4 Å². The van der Waals surface area contributed by atoms with Crippen molar-refractivity contribution in [3.05, 3.63) is 53.4 Å². The van der Waals surface area contributed by atoms with Crippen LogP contribution in [-0.2, 0) is 10.2 Å². The minimum atomic E-state index is -0.342. The summed E-state index contributed by atoms with van der Waals surface area (Å²) in [5.41, 5.74) is 1.53. The molecule has 0 radical (unpaired) electrons. The summed E-state index contributed by atoms with van der Waals surface area (Å²) in [7, 11) is 0. The molecule has 0 bridgehead atoms. The first kappa shape index (κ1) is 19.4. The predicted octanol–water partition coefficient (Wildman–Crippen LogP) is 4.37. The van der Waals surface area contributed by atoms with E-state index in [1.54, 1.807) is 29.9 Å². The molecule has 6 nitrogen and oxygen atoms in total. The summed E-state index contributed by atoms with van der Waals surface area (Å²) < 4.78 is 2.05. The van der Waals surface area contributed by atoms with Crippen molar-refractivity contribution >= 4 is 17.2 Å². The molecule has 0 aromatic carbocycles. The molecule has 1 unspecified atom stereocenters. The van der Waals surface area contributed by atoms with Crippen LogP contribution in [0.2, 0.25) is 0 Å². The van der Waals surface area contributed by atoms with Gasteiger partial charge in [-0.2, -0.15) is 5.10 Å². The van der Waals surface area contributed by atoms with Gasteiger partial charge in [0.1, 0.15) is 0 Å². The molecule has 156 valence electrons. The van der Waals surface area contributed by atoms with E-state index in [1.807, 2.05) is 12.3 Å². The van der Waals surface area contributed by atoms with E-state index in [9.17, 15) is 4.79 Å². The molecule has 1 amide bonds. The maximum absolute atomic E-state index is 13.3. The summed E-state index contributed by atoms with van der Waals surface area (Å²) in [5, 5.41) is 10.0. The lowest BCUT2D eigenvalue weighted by molar-refractivity contribution is -0.125. The lowest BCUT2D eigenvalue weighted by Gasteiger charge is -2.31. The molecule has 7 heteroatoms. The van der Waals surface area contributed by atoms with Gasteiger partial charge in [0.15, 0.2) is 0 Å². The lowest BCUT2D eigenvalue weighted by atomic mass is 9.89. The first-order valence-corrected chi connectivity index (χ1v) is 11.5. The number of hydrogen-bond donors (Lipinski definition) is 1. The molecular formula is C23H27N5OS. The Morgan fingerprint density at radius 1 is 1.20 bits per heavy atom. The average Bonchev–Trinajstić information content (AvgIpc) is 3.21. The standard InChI is InChI=1S/C23H27N5OS/c1-22(2)15-23(22,20-4-3-11-30-20)21(29)27-17-5-7-18(8-6-17)28-14-16(12-26-28)19-13-24-9-10-25-19/h3-4,9-14,17-18H,5-8,15H2,1-2H3,(H,27,29). The average molecular weight is 422 g/mol. The Bertz CT molecular complexity index is 1020. The summed E-state index contributed by atoms with van der Waals surface area (Å²) >= 11 is 1.70. The predicted molar refractivity (Wildman–Crippen MR) is 117 cm³/mol. The number of aromatic nitrogens is 4. The minimum absolute atomic E-state index is 0.0327. The molecule has 2 aliphatic rings. The Hall–Kier alpha value is -2.54. The third-order valence-electron chi connectivity index (χ3n) is 6.93. The third kappa shape index (κ3) is 3.25. The fourth-order valence-electron chi connectivity index (χ4n) is 4.97. The van der Waals surface area contributed by atoms with Gasteiger partial charge in [0.2, 0.25) is 5.91 Å². The van der Waals surface area contributed by atoms with Crippen LogP contribution in [0.25, 0.3) is 11.3 Å². The second-order valence-corrected chi connectivity index (χ2v) is 10.2. The van der Waals surface area contributed by atoms with Gasteiger partial charge >= 0.3 is 0 Å². The molecule has 0 spiro atoms. The van der Waals surface area contributed by atoms with E-state index >= 15 is 0 Å². The van der Waals surface area contributed by atoms with Crippen molar-refractivity contribution in [1.82, 2.24) is 25.1 Å². The van der Waals surface area contributed by atoms with Crippen LogP contribution in [0.5, 0.6) is 0 Å². The van der Waals surface area contributed by atoms with Gasteiger partial charge in [0, 0.05) is 35.1 Å². The Morgan fingerprint density at radius 2 is 2.00 bits per heavy atom. The Labute approximate surface area is 180 Å². The highest BCUT2D eigenvalue weighted by molar-refractivity contribution is 7.10. The Balaban J connectivity index is 1.21. The van der Waals surface area contributed by atoms with Crippen LogP contribution in [0.4, 0.5) is 0 Å². The third-order valence-corrected chi connectivity index (χ3v) is 7.97. The normalized spacial score (nSPS) is 27.5. The SMILES string of the molecule is CC1(C)CC1(C(=O)NC1CCC(n2cc(-c3cnccn3)cn2)CC1)c1cccs1. The molecular weight excluding hydrogens is 394 g/mol. The number of hydrogen-bond acceptors (Lipinski definition) is 5. The fraction of sp³-hybridized carbons (Fsp3) is 0.478. The summed E-state index contributed by atoms with van der Waals surface area (Å²) in [5.74, 6) is 0.211. The van der Waals surface area contributed by atoms with Crippen LogP contribution in [0, 0.1) is 5.41 Å². The highest BCUT2D eigenvalue weighted by Crippen LogP contribution is 2.65. The number of carbonyl (C=O) groups excluding carboxylic acids is 1. The summed E-state index contributed by atoms with van der Waals surface area (Å²) in [6.45, 7) is 4.41. The van der Waals surface area contributed by atoms with E-state index in [0.29, 0.717) is 6.04 Å². The zero-order valence-corrected chi connectivity index (χ0v) is 18.2. The molecule has 30 heavy (non-hydrogen) atoms. The van der Waals surface area contributed by atoms with Crippen LogP contribution < -0.4 is 5.32 Å². The maximum Gasteiger partial charge on any atom is 0.232 e. The van der Waals surface area contributed by atoms with Gasteiger partial charge in [-0.05, 0) is 49.0 Å². The fourth-order valence-corrected chi connectivity index (χ4v) is 6.07. The van der Waals surface area contributed by atoms with Crippen LogP contribution in [0.1, 0.15) is 56.9 Å². The summed E-state index contributed by atoms with van der Waals surface area (Å²) in [6.07, 6.45) is 14.0. The van der Waals surface area contributed by atoms with E-state index < -0.39 is 0 Å². The highest BCUT2D eigenvalue weighted by Gasteiger charge is 2.67. The van der Waals surface area contributed by atoms with Crippen molar-refractivity contribution in [2.75, 3.05) is 0 Å². The van der Waals surface area contributed by atoms with E-state index in [0.717, 1.165) is 43.4 Å². The zero-order valence-electron chi connectivity index (χ0n) is 17.4. The van der Waals surface area contributed by atoms with Gasteiger partial charge < -0.3 is 5.32 Å². The molecule has 2 fully saturated rings. The van der Waals surface area contributed by atoms with Crippen molar-refractivity contribution in [1.29, 1.82) is 0 Å². The highest BCUT2D eigenvalue weighted by atomic mass is 32.1. The van der Waals surface area contributed by atoms with Crippen molar-refractivity contribution in [3.63, 3.8) is 0 Å². The molecule has 3 aromatic rings. The monoisotopic (exact) mass is 421 g/mol. The largest absolute Gasteiger partial charge is 0.353 e. The van der Waals surface area contributed by atoms with Gasteiger partial charge in [-0.1, -0.05) is 19.9 Å².